The number of aromatic nitrogens is 4. The van der Waals surface area contributed by atoms with Crippen LogP contribution in [-0.2, 0) is 4.74 Å². The van der Waals surface area contributed by atoms with Gasteiger partial charge in [0.25, 0.3) is 0 Å². The molecule has 2 aromatic heterocycles. The first-order valence-corrected chi connectivity index (χ1v) is 4.75. The summed E-state index contributed by atoms with van der Waals surface area (Å²) in [6, 6.07) is 0. The lowest BCUT2D eigenvalue weighted by atomic mass is 10.6. The van der Waals surface area contributed by atoms with Gasteiger partial charge in [-0.2, -0.15) is 4.98 Å². The highest BCUT2D eigenvalue weighted by Crippen LogP contribution is 2.20. The first-order valence-electron chi connectivity index (χ1n) is 3.93. The molecule has 2 heterocycles. The number of rotatable bonds is 2. The van der Waals surface area contributed by atoms with E-state index in [2.05, 4.69) is 25.1 Å². The molecule has 0 saturated heterocycles. The highest BCUT2D eigenvalue weighted by molar-refractivity contribution is 7.16. The number of methoxy groups -OCH3 is 1. The summed E-state index contributed by atoms with van der Waals surface area (Å²) < 4.78 is 9.27. The van der Waals surface area contributed by atoms with Crippen molar-refractivity contribution < 1.29 is 14.1 Å². The molecular weight excluding hydrogens is 220 g/mol. The van der Waals surface area contributed by atoms with Crippen molar-refractivity contribution in [1.29, 1.82) is 0 Å². The lowest BCUT2D eigenvalue weighted by Crippen LogP contribution is -1.99. The van der Waals surface area contributed by atoms with Crippen molar-refractivity contribution in [2.45, 2.75) is 6.92 Å². The fourth-order valence-corrected chi connectivity index (χ4v) is 1.56. The summed E-state index contributed by atoms with van der Waals surface area (Å²) in [6.07, 6.45) is 0. The van der Waals surface area contributed by atoms with Gasteiger partial charge in [0.15, 0.2) is 5.01 Å². The molecule has 0 radical (unpaired) electrons. The average molecular weight is 226 g/mol. The third-order valence-corrected chi connectivity index (χ3v) is 2.40. The molecule has 0 aliphatic carbocycles. The molecule has 0 N–H and O–H groups in total. The molecule has 0 bridgehead atoms. The minimum atomic E-state index is -0.529. The summed E-state index contributed by atoms with van der Waals surface area (Å²) in [7, 11) is 1.28. The van der Waals surface area contributed by atoms with Gasteiger partial charge in [-0.05, 0) is 0 Å². The molecule has 0 aliphatic rings. The zero-order valence-electron chi connectivity index (χ0n) is 7.92. The van der Waals surface area contributed by atoms with E-state index >= 15 is 0 Å². The Morgan fingerprint density at radius 1 is 1.47 bits per heavy atom. The summed E-state index contributed by atoms with van der Waals surface area (Å²) >= 11 is 1.05. The van der Waals surface area contributed by atoms with Gasteiger partial charge in [0.05, 0.1) is 7.11 Å². The third kappa shape index (κ3) is 1.84. The van der Waals surface area contributed by atoms with Crippen molar-refractivity contribution in [3.63, 3.8) is 0 Å². The Morgan fingerprint density at radius 2 is 2.27 bits per heavy atom. The second-order valence-electron chi connectivity index (χ2n) is 2.54. The summed E-state index contributed by atoms with van der Waals surface area (Å²) in [6.45, 7) is 1.67. The summed E-state index contributed by atoms with van der Waals surface area (Å²) in [5.74, 6) is 0.221. The van der Waals surface area contributed by atoms with E-state index in [0.717, 1.165) is 11.3 Å². The maximum Gasteiger partial charge on any atom is 0.369 e. The van der Waals surface area contributed by atoms with E-state index in [1.54, 1.807) is 6.92 Å². The predicted molar refractivity (Wildman–Crippen MR) is 49.3 cm³/mol. The molecule has 15 heavy (non-hydrogen) atoms. The Morgan fingerprint density at radius 3 is 2.87 bits per heavy atom. The fourth-order valence-electron chi connectivity index (χ4n) is 0.870. The molecule has 7 nitrogen and oxygen atoms in total. The van der Waals surface area contributed by atoms with Crippen molar-refractivity contribution in [3.8, 4) is 10.8 Å². The zero-order valence-corrected chi connectivity index (χ0v) is 8.74. The van der Waals surface area contributed by atoms with Crippen molar-refractivity contribution in [1.82, 2.24) is 20.3 Å². The third-order valence-electron chi connectivity index (χ3n) is 1.50. The van der Waals surface area contributed by atoms with Gasteiger partial charge in [0, 0.05) is 6.92 Å². The normalized spacial score (nSPS) is 10.3. The van der Waals surface area contributed by atoms with Crippen LogP contribution in [-0.4, -0.2) is 33.4 Å². The largest absolute Gasteiger partial charge is 0.464 e. The van der Waals surface area contributed by atoms with Crippen LogP contribution < -0.4 is 0 Å². The van der Waals surface area contributed by atoms with Crippen LogP contribution in [0.15, 0.2) is 4.52 Å². The lowest BCUT2D eigenvalue weighted by molar-refractivity contribution is 0.0599. The van der Waals surface area contributed by atoms with Gasteiger partial charge in [0.1, 0.15) is 0 Å². The van der Waals surface area contributed by atoms with Gasteiger partial charge >= 0.3 is 5.97 Å². The number of carbonyl (C=O) groups excluding carboxylic acids is 1. The number of hydrogen-bond donors (Lipinski definition) is 0. The summed E-state index contributed by atoms with van der Waals surface area (Å²) in [4.78, 5) is 15.0. The molecule has 2 aromatic rings. The number of nitrogens with zero attached hydrogens (tertiary/aromatic N) is 4. The molecule has 78 valence electrons. The molecule has 0 aliphatic heterocycles. The maximum atomic E-state index is 11.1. The van der Waals surface area contributed by atoms with Gasteiger partial charge in [-0.15, -0.1) is 10.2 Å². The first-order chi connectivity index (χ1) is 7.20. The highest BCUT2D eigenvalue weighted by Gasteiger charge is 2.16. The molecule has 0 amide bonds. The summed E-state index contributed by atoms with van der Waals surface area (Å²) in [5.41, 5.74) is 0. The van der Waals surface area contributed by atoms with E-state index < -0.39 is 5.97 Å². The quantitative estimate of drug-likeness (QED) is 0.695. The molecule has 0 fully saturated rings. The number of carbonyl (C=O) groups is 1. The van der Waals surface area contributed by atoms with Crippen LogP contribution in [0.1, 0.15) is 15.7 Å². The predicted octanol–water partition coefficient (Wildman–Crippen LogP) is 0.683. The standard InChI is InChI=1S/C7H6N4O3S/c1-3-8-4(11-14-3)5-9-10-6(15-5)7(12)13-2/h1-2H3. The van der Waals surface area contributed by atoms with Crippen LogP contribution in [0.3, 0.4) is 0 Å². The minimum absolute atomic E-state index is 0.162. The lowest BCUT2D eigenvalue weighted by Gasteiger charge is -1.88. The van der Waals surface area contributed by atoms with Crippen molar-refractivity contribution in [2.24, 2.45) is 0 Å². The van der Waals surface area contributed by atoms with Gasteiger partial charge in [-0.3, -0.25) is 0 Å². The monoisotopic (exact) mass is 226 g/mol. The fraction of sp³-hybridized carbons (Fsp3) is 0.286. The number of esters is 1. The molecule has 0 atom stereocenters. The minimum Gasteiger partial charge on any atom is -0.464 e. The first kappa shape index (κ1) is 9.71. The average Bonchev–Trinajstić information content (AvgIpc) is 2.84. The second-order valence-corrected chi connectivity index (χ2v) is 3.52. The van der Waals surface area contributed by atoms with Crippen molar-refractivity contribution >= 4 is 17.3 Å². The van der Waals surface area contributed by atoms with E-state index in [0.29, 0.717) is 16.7 Å². The molecular formula is C7H6N4O3S. The summed E-state index contributed by atoms with van der Waals surface area (Å²) in [5, 5.41) is 11.6. The van der Waals surface area contributed by atoms with E-state index in [-0.39, 0.29) is 5.01 Å². The van der Waals surface area contributed by atoms with Gasteiger partial charge in [-0.25, -0.2) is 4.79 Å². The Labute approximate surface area is 88.1 Å². The highest BCUT2D eigenvalue weighted by atomic mass is 32.1. The maximum absolute atomic E-state index is 11.1. The number of hydrogen-bond acceptors (Lipinski definition) is 8. The van der Waals surface area contributed by atoms with Crippen LogP contribution in [0, 0.1) is 6.92 Å². The number of aryl methyl sites for hydroxylation is 1. The molecule has 0 spiro atoms. The van der Waals surface area contributed by atoms with E-state index in [1.165, 1.54) is 7.11 Å². The smallest absolute Gasteiger partial charge is 0.369 e. The van der Waals surface area contributed by atoms with Crippen molar-refractivity contribution in [2.75, 3.05) is 7.11 Å². The molecule has 0 saturated carbocycles. The molecule has 2 rings (SSSR count). The Balaban J connectivity index is 2.31. The van der Waals surface area contributed by atoms with Gasteiger partial charge < -0.3 is 9.26 Å². The van der Waals surface area contributed by atoms with Crippen molar-refractivity contribution in [3.05, 3.63) is 10.9 Å². The van der Waals surface area contributed by atoms with Crippen LogP contribution in [0.5, 0.6) is 0 Å². The molecule has 0 unspecified atom stereocenters. The van der Waals surface area contributed by atoms with Crippen LogP contribution >= 0.6 is 11.3 Å². The van der Waals surface area contributed by atoms with Crippen LogP contribution in [0.4, 0.5) is 0 Å². The Bertz CT molecular complexity index is 492. The Kier molecular flexibility index (Phi) is 2.42. The van der Waals surface area contributed by atoms with Crippen LogP contribution in [0.25, 0.3) is 10.8 Å². The second kappa shape index (κ2) is 3.73. The SMILES string of the molecule is COC(=O)c1nnc(-c2noc(C)n2)s1. The van der Waals surface area contributed by atoms with E-state index in [1.807, 2.05) is 0 Å². The van der Waals surface area contributed by atoms with Gasteiger partial charge in [-0.1, -0.05) is 16.5 Å². The zero-order chi connectivity index (χ0) is 10.8. The van der Waals surface area contributed by atoms with E-state index in [9.17, 15) is 4.79 Å². The molecule has 8 heteroatoms. The Hall–Kier alpha value is -1.83. The van der Waals surface area contributed by atoms with E-state index in [4.69, 9.17) is 4.52 Å². The topological polar surface area (TPSA) is 91.0 Å². The van der Waals surface area contributed by atoms with Gasteiger partial charge in [0.2, 0.25) is 16.7 Å². The number of ether oxygens (including phenoxy) is 1. The molecule has 0 aromatic carbocycles. The van der Waals surface area contributed by atoms with Crippen LogP contribution in [0.2, 0.25) is 0 Å².